The highest BCUT2D eigenvalue weighted by Crippen LogP contribution is 2.48. The van der Waals surface area contributed by atoms with Crippen molar-refractivity contribution in [1.29, 1.82) is 0 Å². The first-order valence-corrected chi connectivity index (χ1v) is 12.0. The van der Waals surface area contributed by atoms with Crippen molar-refractivity contribution in [3.05, 3.63) is 93.8 Å². The SMILES string of the molecule is CC(C)C(=O)N1c2ccccc2NC2=C(C(=O)CC(c3ccccc3)C2)C1c1cccs1. The normalized spacial score (nSPS) is 20.5. The summed E-state index contributed by atoms with van der Waals surface area (Å²) in [5.41, 5.74) is 4.52. The Bertz CT molecular complexity index is 1180. The molecule has 5 heteroatoms. The molecule has 4 nitrogen and oxygen atoms in total. The van der Waals surface area contributed by atoms with Gasteiger partial charge < -0.3 is 5.32 Å². The molecule has 0 saturated carbocycles. The van der Waals surface area contributed by atoms with Gasteiger partial charge >= 0.3 is 0 Å². The Morgan fingerprint density at radius 1 is 1.00 bits per heavy atom. The smallest absolute Gasteiger partial charge is 0.230 e. The molecular weight excluding hydrogens is 416 g/mol. The van der Waals surface area contributed by atoms with Crippen molar-refractivity contribution in [2.75, 3.05) is 10.2 Å². The highest BCUT2D eigenvalue weighted by Gasteiger charge is 2.42. The van der Waals surface area contributed by atoms with Crippen LogP contribution in [0.2, 0.25) is 0 Å². The first-order valence-electron chi connectivity index (χ1n) is 11.1. The number of anilines is 2. The average molecular weight is 443 g/mol. The highest BCUT2D eigenvalue weighted by atomic mass is 32.1. The number of carbonyl (C=O) groups is 2. The number of benzene rings is 2. The lowest BCUT2D eigenvalue weighted by Crippen LogP contribution is -2.40. The van der Waals surface area contributed by atoms with E-state index in [-0.39, 0.29) is 23.5 Å². The molecule has 1 N–H and O–H groups in total. The van der Waals surface area contributed by atoms with Crippen molar-refractivity contribution in [2.24, 2.45) is 5.92 Å². The third kappa shape index (κ3) is 3.56. The molecule has 3 aromatic rings. The number of amides is 1. The third-order valence-electron chi connectivity index (χ3n) is 6.30. The number of thiophene rings is 1. The van der Waals surface area contributed by atoms with Crippen LogP contribution in [-0.2, 0) is 9.59 Å². The van der Waals surface area contributed by atoms with Gasteiger partial charge in [-0.2, -0.15) is 0 Å². The number of rotatable bonds is 3. The van der Waals surface area contributed by atoms with E-state index in [2.05, 4.69) is 17.4 Å². The van der Waals surface area contributed by atoms with Gasteiger partial charge in [-0.1, -0.05) is 62.4 Å². The molecular formula is C27H26N2O2S. The van der Waals surface area contributed by atoms with Crippen LogP contribution in [0.25, 0.3) is 0 Å². The Morgan fingerprint density at radius 2 is 1.75 bits per heavy atom. The third-order valence-corrected chi connectivity index (χ3v) is 7.23. The van der Waals surface area contributed by atoms with Crippen molar-refractivity contribution in [2.45, 2.75) is 38.6 Å². The van der Waals surface area contributed by atoms with Crippen LogP contribution in [0.4, 0.5) is 11.4 Å². The lowest BCUT2D eigenvalue weighted by atomic mass is 9.79. The lowest BCUT2D eigenvalue weighted by Gasteiger charge is -2.35. The minimum Gasteiger partial charge on any atom is -0.357 e. The lowest BCUT2D eigenvalue weighted by molar-refractivity contribution is -0.121. The maximum absolute atomic E-state index is 13.7. The molecule has 0 saturated heterocycles. The number of ketones is 1. The minimum atomic E-state index is -0.416. The predicted molar refractivity (Wildman–Crippen MR) is 130 cm³/mol. The first kappa shape index (κ1) is 20.7. The molecule has 1 aliphatic carbocycles. The first-order chi connectivity index (χ1) is 15.5. The average Bonchev–Trinajstić information content (AvgIpc) is 3.28. The van der Waals surface area contributed by atoms with Gasteiger partial charge in [0.05, 0.1) is 11.4 Å². The summed E-state index contributed by atoms with van der Waals surface area (Å²) in [6.45, 7) is 3.83. The molecule has 1 amide bonds. The van der Waals surface area contributed by atoms with E-state index in [0.29, 0.717) is 6.42 Å². The summed E-state index contributed by atoms with van der Waals surface area (Å²) in [6.07, 6.45) is 1.19. The molecule has 1 aromatic heterocycles. The van der Waals surface area contributed by atoms with Gasteiger partial charge in [0.1, 0.15) is 6.04 Å². The van der Waals surface area contributed by atoms with E-state index >= 15 is 0 Å². The standard InChI is InChI=1S/C27H26N2O2S/c1-17(2)27(31)29-22-12-7-6-11-20(22)28-21-15-19(18-9-4-3-5-10-18)16-23(30)25(21)26(29)24-13-8-14-32-24/h3-14,17,19,26,28H,15-16H2,1-2H3. The zero-order valence-corrected chi connectivity index (χ0v) is 19.1. The number of hydrogen-bond donors (Lipinski definition) is 1. The molecule has 32 heavy (non-hydrogen) atoms. The number of nitrogens with zero attached hydrogens (tertiary/aromatic N) is 1. The zero-order chi connectivity index (χ0) is 22.2. The van der Waals surface area contributed by atoms with Gasteiger partial charge in [0.25, 0.3) is 0 Å². The fourth-order valence-corrected chi connectivity index (χ4v) is 5.61. The molecule has 0 bridgehead atoms. The van der Waals surface area contributed by atoms with E-state index in [9.17, 15) is 9.59 Å². The largest absolute Gasteiger partial charge is 0.357 e. The second-order valence-corrected chi connectivity index (χ2v) is 9.73. The van der Waals surface area contributed by atoms with E-state index in [1.54, 1.807) is 11.3 Å². The van der Waals surface area contributed by atoms with Crippen LogP contribution >= 0.6 is 11.3 Å². The Balaban J connectivity index is 1.70. The maximum atomic E-state index is 13.7. The van der Waals surface area contributed by atoms with Gasteiger partial charge in [-0.15, -0.1) is 11.3 Å². The van der Waals surface area contributed by atoms with Crippen LogP contribution in [0.3, 0.4) is 0 Å². The van der Waals surface area contributed by atoms with E-state index < -0.39 is 6.04 Å². The number of carbonyl (C=O) groups excluding carboxylic acids is 2. The Kier molecular flexibility index (Phi) is 5.43. The molecule has 2 atom stereocenters. The van der Waals surface area contributed by atoms with Crippen LogP contribution < -0.4 is 10.2 Å². The number of fused-ring (bicyclic) bond motifs is 1. The van der Waals surface area contributed by atoms with Crippen LogP contribution in [-0.4, -0.2) is 11.7 Å². The molecule has 5 rings (SSSR count). The van der Waals surface area contributed by atoms with Crippen LogP contribution in [0.1, 0.15) is 49.1 Å². The minimum absolute atomic E-state index is 0.0179. The van der Waals surface area contributed by atoms with E-state index in [0.717, 1.165) is 33.9 Å². The molecule has 0 fully saturated rings. The second kappa shape index (κ2) is 8.40. The number of allylic oxidation sites excluding steroid dienone is 1. The number of hydrogen-bond acceptors (Lipinski definition) is 4. The summed E-state index contributed by atoms with van der Waals surface area (Å²) in [5.74, 6) is 0.0617. The van der Waals surface area contributed by atoms with Crippen molar-refractivity contribution in [3.8, 4) is 0 Å². The van der Waals surface area contributed by atoms with Crippen LogP contribution in [0.15, 0.2) is 83.4 Å². The summed E-state index contributed by atoms with van der Waals surface area (Å²) in [7, 11) is 0. The van der Waals surface area contributed by atoms with Gasteiger partial charge in [0.2, 0.25) is 5.91 Å². The Hall–Kier alpha value is -3.18. The summed E-state index contributed by atoms with van der Waals surface area (Å²) in [6, 6.07) is 21.7. The second-order valence-electron chi connectivity index (χ2n) is 8.75. The Morgan fingerprint density at radius 3 is 2.47 bits per heavy atom. The number of para-hydroxylation sites is 2. The van der Waals surface area contributed by atoms with Crippen LogP contribution in [0, 0.1) is 5.92 Å². The molecule has 2 heterocycles. The predicted octanol–water partition coefficient (Wildman–Crippen LogP) is 6.30. The fraction of sp³-hybridized carbons (Fsp3) is 0.259. The number of nitrogens with one attached hydrogen (secondary N) is 1. The van der Waals surface area contributed by atoms with Gasteiger partial charge in [0.15, 0.2) is 5.78 Å². The molecule has 162 valence electrons. The Labute approximate surface area is 192 Å². The molecule has 0 spiro atoms. The number of Topliss-reactive ketones (excluding diaryl/α,β-unsaturated/α-hetero) is 1. The van der Waals surface area contributed by atoms with Gasteiger partial charge in [-0.3, -0.25) is 14.5 Å². The van der Waals surface area contributed by atoms with E-state index in [1.165, 1.54) is 5.56 Å². The fourth-order valence-electron chi connectivity index (χ4n) is 4.79. The van der Waals surface area contributed by atoms with E-state index in [4.69, 9.17) is 0 Å². The molecule has 2 aliphatic rings. The molecule has 2 aromatic carbocycles. The quantitative estimate of drug-likeness (QED) is 0.517. The molecule has 0 radical (unpaired) electrons. The topological polar surface area (TPSA) is 49.4 Å². The molecule has 2 unspecified atom stereocenters. The van der Waals surface area contributed by atoms with Crippen molar-refractivity contribution < 1.29 is 9.59 Å². The summed E-state index contributed by atoms with van der Waals surface area (Å²) >= 11 is 1.59. The molecule has 1 aliphatic heterocycles. The van der Waals surface area contributed by atoms with Crippen molar-refractivity contribution >= 4 is 34.4 Å². The van der Waals surface area contributed by atoms with Crippen molar-refractivity contribution in [1.82, 2.24) is 0 Å². The van der Waals surface area contributed by atoms with Gasteiger partial charge in [0, 0.05) is 28.5 Å². The summed E-state index contributed by atoms with van der Waals surface area (Å²) < 4.78 is 0. The van der Waals surface area contributed by atoms with Gasteiger partial charge in [-0.05, 0) is 41.5 Å². The highest BCUT2D eigenvalue weighted by molar-refractivity contribution is 7.10. The monoisotopic (exact) mass is 442 g/mol. The summed E-state index contributed by atoms with van der Waals surface area (Å²) in [4.78, 5) is 30.1. The van der Waals surface area contributed by atoms with E-state index in [1.807, 2.05) is 78.7 Å². The maximum Gasteiger partial charge on any atom is 0.230 e. The van der Waals surface area contributed by atoms with Crippen molar-refractivity contribution in [3.63, 3.8) is 0 Å². The van der Waals surface area contributed by atoms with Gasteiger partial charge in [-0.25, -0.2) is 0 Å². The zero-order valence-electron chi connectivity index (χ0n) is 18.2. The summed E-state index contributed by atoms with van der Waals surface area (Å²) in [5, 5.41) is 5.59. The van der Waals surface area contributed by atoms with Crippen LogP contribution in [0.5, 0.6) is 0 Å².